The molecule has 2 N–H and O–H groups in total. The number of halogens is 1. The number of rotatable bonds is 1. The monoisotopic (exact) mass is 291 g/mol. The van der Waals surface area contributed by atoms with Crippen molar-refractivity contribution in [2.75, 3.05) is 32.4 Å². The lowest BCUT2D eigenvalue weighted by Gasteiger charge is -2.46. The van der Waals surface area contributed by atoms with Gasteiger partial charge in [-0.25, -0.2) is 4.39 Å². The number of nitrogens with two attached hydrogens (primary N) is 1. The Labute approximate surface area is 124 Å². The van der Waals surface area contributed by atoms with E-state index < -0.39 is 5.82 Å². The second kappa shape index (κ2) is 5.64. The zero-order valence-electron chi connectivity index (χ0n) is 12.4. The summed E-state index contributed by atoms with van der Waals surface area (Å²) in [4.78, 5) is 16.9. The van der Waals surface area contributed by atoms with Crippen molar-refractivity contribution in [2.24, 2.45) is 5.92 Å². The number of likely N-dealkylation sites (tertiary alicyclic amines) is 2. The standard InChI is InChI=1S/C16H22FN3O/c1-19-7-2-3-12-10-20(8-6-15(12)19)16(21)11-4-5-13(17)14(18)9-11/h4-5,9,12,15H,2-3,6-8,10,18H2,1H3. The van der Waals surface area contributed by atoms with Crippen LogP contribution in [-0.4, -0.2) is 48.4 Å². The van der Waals surface area contributed by atoms with Crippen LogP contribution in [0.3, 0.4) is 0 Å². The molecule has 2 fully saturated rings. The first-order valence-corrected chi connectivity index (χ1v) is 7.61. The Bertz CT molecular complexity index is 548. The van der Waals surface area contributed by atoms with E-state index in [9.17, 15) is 9.18 Å². The predicted octanol–water partition coefficient (Wildman–Crippen LogP) is 1.96. The van der Waals surface area contributed by atoms with E-state index in [0.29, 0.717) is 17.5 Å². The Hall–Kier alpha value is -1.62. The summed E-state index contributed by atoms with van der Waals surface area (Å²) in [6.45, 7) is 2.72. The number of anilines is 1. The van der Waals surface area contributed by atoms with Gasteiger partial charge in [-0.1, -0.05) is 0 Å². The molecule has 2 unspecified atom stereocenters. The Morgan fingerprint density at radius 3 is 2.90 bits per heavy atom. The molecule has 0 bridgehead atoms. The molecule has 2 atom stereocenters. The zero-order valence-corrected chi connectivity index (χ0v) is 12.4. The van der Waals surface area contributed by atoms with Crippen molar-refractivity contribution in [1.29, 1.82) is 0 Å². The number of nitrogen functional groups attached to an aromatic ring is 1. The summed E-state index contributed by atoms with van der Waals surface area (Å²) < 4.78 is 13.2. The summed E-state index contributed by atoms with van der Waals surface area (Å²) in [7, 11) is 2.18. The Balaban J connectivity index is 1.72. The molecule has 2 aliphatic rings. The number of hydrogen-bond acceptors (Lipinski definition) is 3. The Morgan fingerprint density at radius 2 is 2.14 bits per heavy atom. The van der Waals surface area contributed by atoms with E-state index >= 15 is 0 Å². The van der Waals surface area contributed by atoms with Gasteiger partial charge in [0.1, 0.15) is 5.82 Å². The first-order chi connectivity index (χ1) is 10.1. The van der Waals surface area contributed by atoms with Gasteiger partial charge in [0, 0.05) is 24.7 Å². The zero-order chi connectivity index (χ0) is 15.0. The minimum absolute atomic E-state index is 0.0339. The third kappa shape index (κ3) is 2.75. The van der Waals surface area contributed by atoms with Crippen molar-refractivity contribution in [2.45, 2.75) is 25.3 Å². The second-order valence-corrected chi connectivity index (χ2v) is 6.23. The quantitative estimate of drug-likeness (QED) is 0.805. The fraction of sp³-hybridized carbons (Fsp3) is 0.562. The van der Waals surface area contributed by atoms with Crippen LogP contribution in [0.15, 0.2) is 18.2 Å². The highest BCUT2D eigenvalue weighted by Gasteiger charge is 2.35. The van der Waals surface area contributed by atoms with Gasteiger partial charge in [-0.05, 0) is 57.0 Å². The van der Waals surface area contributed by atoms with Crippen LogP contribution in [0.2, 0.25) is 0 Å². The normalized spacial score (nSPS) is 26.5. The largest absolute Gasteiger partial charge is 0.396 e. The molecule has 5 heteroatoms. The van der Waals surface area contributed by atoms with Gasteiger partial charge in [0.15, 0.2) is 0 Å². The number of benzene rings is 1. The van der Waals surface area contributed by atoms with Gasteiger partial charge in [-0.2, -0.15) is 0 Å². The van der Waals surface area contributed by atoms with Crippen LogP contribution < -0.4 is 5.73 Å². The van der Waals surface area contributed by atoms with E-state index in [4.69, 9.17) is 5.73 Å². The molecule has 0 aliphatic carbocycles. The molecule has 2 aliphatic heterocycles. The topological polar surface area (TPSA) is 49.6 Å². The number of hydrogen-bond donors (Lipinski definition) is 1. The van der Waals surface area contributed by atoms with Gasteiger partial charge in [0.25, 0.3) is 5.91 Å². The Morgan fingerprint density at radius 1 is 1.33 bits per heavy atom. The van der Waals surface area contributed by atoms with Gasteiger partial charge in [-0.15, -0.1) is 0 Å². The van der Waals surface area contributed by atoms with Gasteiger partial charge in [-0.3, -0.25) is 4.79 Å². The van der Waals surface area contributed by atoms with Crippen LogP contribution in [0.5, 0.6) is 0 Å². The maximum atomic E-state index is 13.2. The molecule has 0 radical (unpaired) electrons. The molecule has 1 aromatic rings. The van der Waals surface area contributed by atoms with Crippen molar-refractivity contribution >= 4 is 11.6 Å². The molecule has 21 heavy (non-hydrogen) atoms. The van der Waals surface area contributed by atoms with Gasteiger partial charge in [0.2, 0.25) is 0 Å². The maximum absolute atomic E-state index is 13.2. The highest BCUT2D eigenvalue weighted by atomic mass is 19.1. The molecule has 2 saturated heterocycles. The van der Waals surface area contributed by atoms with Gasteiger partial charge in [0.05, 0.1) is 5.69 Å². The van der Waals surface area contributed by atoms with E-state index in [-0.39, 0.29) is 11.6 Å². The summed E-state index contributed by atoms with van der Waals surface area (Å²) in [6.07, 6.45) is 3.40. The third-order valence-corrected chi connectivity index (χ3v) is 4.88. The number of piperidine rings is 2. The average molecular weight is 291 g/mol. The van der Waals surface area contributed by atoms with Gasteiger partial charge >= 0.3 is 0 Å². The summed E-state index contributed by atoms with van der Waals surface area (Å²) in [5.41, 5.74) is 6.08. The molecule has 0 saturated carbocycles. The second-order valence-electron chi connectivity index (χ2n) is 6.23. The SMILES string of the molecule is CN1CCCC2CN(C(=O)c3ccc(F)c(N)c3)CCC21. The van der Waals surface area contributed by atoms with Crippen molar-refractivity contribution in [3.63, 3.8) is 0 Å². The summed E-state index contributed by atoms with van der Waals surface area (Å²) >= 11 is 0. The molecule has 0 aromatic heterocycles. The van der Waals surface area contributed by atoms with E-state index in [1.54, 1.807) is 0 Å². The third-order valence-electron chi connectivity index (χ3n) is 4.88. The van der Waals surface area contributed by atoms with Crippen LogP contribution >= 0.6 is 0 Å². The van der Waals surface area contributed by atoms with Crippen LogP contribution in [0.1, 0.15) is 29.6 Å². The lowest BCUT2D eigenvalue weighted by molar-refractivity contribution is 0.0317. The summed E-state index contributed by atoms with van der Waals surface area (Å²) in [5.74, 6) is 0.0479. The van der Waals surface area contributed by atoms with E-state index in [1.807, 2.05) is 4.90 Å². The number of carbonyl (C=O) groups is 1. The summed E-state index contributed by atoms with van der Waals surface area (Å²) in [5, 5.41) is 0. The van der Waals surface area contributed by atoms with E-state index in [1.165, 1.54) is 31.0 Å². The molecular formula is C16H22FN3O. The van der Waals surface area contributed by atoms with Crippen molar-refractivity contribution < 1.29 is 9.18 Å². The molecule has 1 aromatic carbocycles. The first kappa shape index (κ1) is 14.3. The molecule has 114 valence electrons. The lowest BCUT2D eigenvalue weighted by Crippen LogP contribution is -2.53. The number of carbonyl (C=O) groups excluding carboxylic acids is 1. The van der Waals surface area contributed by atoms with Crippen molar-refractivity contribution in [3.05, 3.63) is 29.6 Å². The lowest BCUT2D eigenvalue weighted by atomic mass is 9.84. The number of nitrogens with zero attached hydrogens (tertiary/aromatic N) is 2. The molecule has 3 rings (SSSR count). The van der Waals surface area contributed by atoms with Crippen molar-refractivity contribution in [3.8, 4) is 0 Å². The van der Waals surface area contributed by atoms with E-state index in [0.717, 1.165) is 26.1 Å². The smallest absolute Gasteiger partial charge is 0.253 e. The van der Waals surface area contributed by atoms with Crippen molar-refractivity contribution in [1.82, 2.24) is 9.80 Å². The van der Waals surface area contributed by atoms with Crippen LogP contribution in [0.4, 0.5) is 10.1 Å². The predicted molar refractivity (Wildman–Crippen MR) is 80.5 cm³/mol. The molecule has 4 nitrogen and oxygen atoms in total. The molecular weight excluding hydrogens is 269 g/mol. The summed E-state index contributed by atoms with van der Waals surface area (Å²) in [6, 6.07) is 4.83. The van der Waals surface area contributed by atoms with E-state index in [2.05, 4.69) is 11.9 Å². The average Bonchev–Trinajstić information content (AvgIpc) is 2.49. The number of amides is 1. The maximum Gasteiger partial charge on any atom is 0.253 e. The van der Waals surface area contributed by atoms with Crippen LogP contribution in [0.25, 0.3) is 0 Å². The van der Waals surface area contributed by atoms with Crippen LogP contribution in [0, 0.1) is 11.7 Å². The minimum atomic E-state index is -0.473. The first-order valence-electron chi connectivity index (χ1n) is 7.61. The molecule has 1 amide bonds. The van der Waals surface area contributed by atoms with Gasteiger partial charge < -0.3 is 15.5 Å². The number of fused-ring (bicyclic) bond motifs is 1. The fourth-order valence-electron chi connectivity index (χ4n) is 3.70. The molecule has 2 heterocycles. The minimum Gasteiger partial charge on any atom is -0.396 e. The van der Waals surface area contributed by atoms with Crippen LogP contribution in [-0.2, 0) is 0 Å². The Kier molecular flexibility index (Phi) is 3.85. The highest BCUT2D eigenvalue weighted by molar-refractivity contribution is 5.95. The molecule has 0 spiro atoms. The fourth-order valence-corrected chi connectivity index (χ4v) is 3.70. The highest BCUT2D eigenvalue weighted by Crippen LogP contribution is 2.30.